The van der Waals surface area contributed by atoms with Gasteiger partial charge in [0, 0.05) is 13.1 Å². The molecule has 0 aromatic carbocycles. The molecule has 0 aromatic heterocycles. The summed E-state index contributed by atoms with van der Waals surface area (Å²) in [4.78, 5) is 28.3. The van der Waals surface area contributed by atoms with Crippen LogP contribution in [0.1, 0.15) is 72.1 Å². The van der Waals surface area contributed by atoms with E-state index in [9.17, 15) is 19.8 Å². The molecule has 0 radical (unpaired) electrons. The number of aliphatic hydroxyl groups is 2. The topological polar surface area (TPSA) is 163 Å². The summed E-state index contributed by atoms with van der Waals surface area (Å²) in [5.74, 6) is 1.48. The van der Waals surface area contributed by atoms with Crippen molar-refractivity contribution in [2.45, 2.75) is 90.4 Å². The van der Waals surface area contributed by atoms with Gasteiger partial charge in [0.2, 0.25) is 11.8 Å². The van der Waals surface area contributed by atoms with Crippen molar-refractivity contribution < 1.29 is 19.8 Å². The number of hydrogen-bond donors (Lipinski definition) is 6. The molecule has 0 saturated heterocycles. The van der Waals surface area contributed by atoms with E-state index in [1.165, 1.54) is 18.4 Å². The number of carbonyl (C=O) groups is 2. The fourth-order valence-electron chi connectivity index (χ4n) is 5.31. The Morgan fingerprint density at radius 3 is 2.64 bits per heavy atom. The summed E-state index contributed by atoms with van der Waals surface area (Å²) in [5.41, 5.74) is 12.0. The maximum Gasteiger partial charge on any atom is 0.242 e. The zero-order chi connectivity index (χ0) is 26.7. The number of aliphatic hydroxyl groups excluding tert-OH is 2. The molecule has 9 heteroatoms. The van der Waals surface area contributed by atoms with Crippen LogP contribution in [-0.2, 0) is 9.59 Å². The van der Waals surface area contributed by atoms with Gasteiger partial charge in [0.1, 0.15) is 6.04 Å². The molecule has 0 saturated carbocycles. The number of unbranched alkanes of at least 4 members (excludes halogenated alkanes) is 1. The largest absolute Gasteiger partial charge is 0.393 e. The van der Waals surface area contributed by atoms with Crippen LogP contribution >= 0.6 is 0 Å². The fourth-order valence-corrected chi connectivity index (χ4v) is 5.31. The van der Waals surface area contributed by atoms with Gasteiger partial charge in [0.05, 0.1) is 18.6 Å². The Bertz CT molecular complexity index is 808. The average molecular weight is 506 g/mol. The SMILES string of the molecule is C[C@H](NC(=O)C[C@H](O)C[C@H](O)CC[C@H]1[C@@H](C)C=CC2=C[C@H](C)CC[C@@H]21)C(=O)NCCCCN=C(N)N. The van der Waals surface area contributed by atoms with Gasteiger partial charge in [-0.05, 0) is 81.1 Å². The number of guanidine groups is 1. The van der Waals surface area contributed by atoms with Gasteiger partial charge >= 0.3 is 0 Å². The van der Waals surface area contributed by atoms with E-state index in [2.05, 4.69) is 47.7 Å². The third-order valence-corrected chi connectivity index (χ3v) is 7.37. The van der Waals surface area contributed by atoms with Crippen LogP contribution < -0.4 is 22.1 Å². The van der Waals surface area contributed by atoms with Gasteiger partial charge in [-0.1, -0.05) is 32.1 Å². The summed E-state index contributed by atoms with van der Waals surface area (Å²) in [6, 6.07) is -0.714. The van der Waals surface area contributed by atoms with Gasteiger partial charge in [-0.15, -0.1) is 0 Å². The number of fused-ring (bicyclic) bond motifs is 1. The van der Waals surface area contributed by atoms with Crippen LogP contribution in [0.25, 0.3) is 0 Å². The summed E-state index contributed by atoms with van der Waals surface area (Å²) in [6.07, 6.45) is 10.7. The minimum atomic E-state index is -0.958. The molecule has 0 unspecified atom stereocenters. The highest BCUT2D eigenvalue weighted by Crippen LogP contribution is 2.43. The zero-order valence-electron chi connectivity index (χ0n) is 22.2. The normalized spacial score (nSPS) is 25.6. The van der Waals surface area contributed by atoms with Gasteiger partial charge in [0.15, 0.2) is 5.96 Å². The smallest absolute Gasteiger partial charge is 0.242 e. The highest BCUT2D eigenvalue weighted by atomic mass is 16.3. The first kappa shape index (κ1) is 29.8. The van der Waals surface area contributed by atoms with Crippen molar-refractivity contribution in [3.8, 4) is 0 Å². The number of rotatable bonds is 14. The molecule has 36 heavy (non-hydrogen) atoms. The second kappa shape index (κ2) is 15.0. The first-order valence-electron chi connectivity index (χ1n) is 13.4. The Hall–Kier alpha value is -2.39. The maximum absolute atomic E-state index is 12.3. The number of nitrogens with two attached hydrogens (primary N) is 2. The van der Waals surface area contributed by atoms with Crippen molar-refractivity contribution in [3.05, 3.63) is 23.8 Å². The quantitative estimate of drug-likeness (QED) is 0.120. The van der Waals surface area contributed by atoms with Gasteiger partial charge in [-0.25, -0.2) is 0 Å². The molecule has 9 nitrogen and oxygen atoms in total. The van der Waals surface area contributed by atoms with Crippen LogP contribution in [0.15, 0.2) is 28.8 Å². The summed E-state index contributed by atoms with van der Waals surface area (Å²) in [7, 11) is 0. The number of carbonyl (C=O) groups excluding carboxylic acids is 2. The molecule has 2 aliphatic carbocycles. The molecule has 7 atom stereocenters. The Balaban J connectivity index is 1.66. The predicted octanol–water partition coefficient (Wildman–Crippen LogP) is 1.74. The van der Waals surface area contributed by atoms with Crippen LogP contribution in [0.5, 0.6) is 0 Å². The van der Waals surface area contributed by atoms with Crippen molar-refractivity contribution in [3.63, 3.8) is 0 Å². The van der Waals surface area contributed by atoms with Gasteiger partial charge in [-0.2, -0.15) is 0 Å². The van der Waals surface area contributed by atoms with Crippen LogP contribution in [0.4, 0.5) is 0 Å². The molecular weight excluding hydrogens is 458 g/mol. The molecule has 2 rings (SSSR count). The van der Waals surface area contributed by atoms with Gasteiger partial charge < -0.3 is 32.3 Å². The minimum absolute atomic E-state index is 0.0477. The molecule has 0 aromatic rings. The van der Waals surface area contributed by atoms with Gasteiger partial charge in [0.25, 0.3) is 0 Å². The lowest BCUT2D eigenvalue weighted by Crippen LogP contribution is -2.45. The Labute approximate surface area is 215 Å². The van der Waals surface area contributed by atoms with E-state index in [0.717, 1.165) is 12.8 Å². The molecule has 0 heterocycles. The highest BCUT2D eigenvalue weighted by molar-refractivity contribution is 5.87. The van der Waals surface area contributed by atoms with E-state index in [1.54, 1.807) is 6.92 Å². The first-order valence-corrected chi connectivity index (χ1v) is 13.4. The lowest BCUT2D eigenvalue weighted by Gasteiger charge is -2.39. The van der Waals surface area contributed by atoms with Crippen molar-refractivity contribution in [2.75, 3.05) is 13.1 Å². The minimum Gasteiger partial charge on any atom is -0.393 e. The standard InChI is InChI=1S/C27H47N5O4/c1-17-6-10-24-20(14-17)8-7-18(2)23(24)11-9-21(33)15-22(34)16-25(35)32-19(3)26(36)30-12-4-5-13-31-27(28)29/h7-8,14,17-19,21-24,33-34H,4-6,9-13,15-16H2,1-3H3,(H,30,36)(H,32,35)(H4,28,29,31)/t17-,18+,19+,21-,22-,23+,24+/m1/s1. The Morgan fingerprint density at radius 1 is 1.17 bits per heavy atom. The van der Waals surface area contributed by atoms with Crippen LogP contribution in [-0.4, -0.2) is 59.3 Å². The van der Waals surface area contributed by atoms with E-state index >= 15 is 0 Å². The molecule has 8 N–H and O–H groups in total. The number of aliphatic imine (C=N–C) groups is 1. The third-order valence-electron chi connectivity index (χ3n) is 7.37. The van der Waals surface area contributed by atoms with E-state index in [4.69, 9.17) is 11.5 Å². The number of allylic oxidation sites excluding steroid dienone is 4. The molecular formula is C27H47N5O4. The fraction of sp³-hybridized carbons (Fsp3) is 0.741. The van der Waals surface area contributed by atoms with E-state index < -0.39 is 24.2 Å². The lowest BCUT2D eigenvalue weighted by atomic mass is 9.66. The number of amides is 2. The third kappa shape index (κ3) is 10.3. The van der Waals surface area contributed by atoms with Gasteiger partial charge in [-0.3, -0.25) is 14.6 Å². The molecule has 204 valence electrons. The van der Waals surface area contributed by atoms with Crippen molar-refractivity contribution in [1.29, 1.82) is 0 Å². The average Bonchev–Trinajstić information content (AvgIpc) is 2.80. The molecule has 2 amide bonds. The second-order valence-corrected chi connectivity index (χ2v) is 10.6. The van der Waals surface area contributed by atoms with Crippen LogP contribution in [0, 0.1) is 23.7 Å². The summed E-state index contributed by atoms with van der Waals surface area (Å²) in [6.45, 7) is 7.06. The number of nitrogens with one attached hydrogen (secondary N) is 2. The molecule has 0 spiro atoms. The molecule has 0 aliphatic heterocycles. The Morgan fingerprint density at radius 2 is 1.92 bits per heavy atom. The molecule has 2 aliphatic rings. The number of nitrogens with zero attached hydrogens (tertiary/aromatic N) is 1. The van der Waals surface area contributed by atoms with Crippen molar-refractivity contribution >= 4 is 17.8 Å². The van der Waals surface area contributed by atoms with E-state index in [1.807, 2.05) is 0 Å². The summed E-state index contributed by atoms with van der Waals surface area (Å²) < 4.78 is 0. The van der Waals surface area contributed by atoms with E-state index in [0.29, 0.717) is 49.6 Å². The van der Waals surface area contributed by atoms with Crippen LogP contribution in [0.3, 0.4) is 0 Å². The number of hydrogen-bond acceptors (Lipinski definition) is 5. The first-order chi connectivity index (χ1) is 17.1. The van der Waals surface area contributed by atoms with Crippen molar-refractivity contribution in [2.24, 2.45) is 40.1 Å². The summed E-state index contributed by atoms with van der Waals surface area (Å²) in [5, 5.41) is 26.2. The highest BCUT2D eigenvalue weighted by Gasteiger charge is 2.33. The molecule has 0 fully saturated rings. The van der Waals surface area contributed by atoms with E-state index in [-0.39, 0.29) is 24.7 Å². The summed E-state index contributed by atoms with van der Waals surface area (Å²) >= 11 is 0. The Kier molecular flexibility index (Phi) is 12.4. The lowest BCUT2D eigenvalue weighted by molar-refractivity contribution is -0.129. The van der Waals surface area contributed by atoms with Crippen molar-refractivity contribution in [1.82, 2.24) is 10.6 Å². The van der Waals surface area contributed by atoms with Crippen LogP contribution in [0.2, 0.25) is 0 Å². The monoisotopic (exact) mass is 505 g/mol. The maximum atomic E-state index is 12.3. The zero-order valence-corrected chi connectivity index (χ0v) is 22.2. The predicted molar refractivity (Wildman–Crippen MR) is 143 cm³/mol. The molecule has 0 bridgehead atoms. The second-order valence-electron chi connectivity index (χ2n) is 10.6.